The van der Waals surface area contributed by atoms with Gasteiger partial charge in [-0.15, -0.1) is 34.9 Å². The molecular formula is C53H52N3OPt-. The summed E-state index contributed by atoms with van der Waals surface area (Å²) in [6, 6.07) is 44.9. The molecule has 6 aromatic carbocycles. The third-order valence-corrected chi connectivity index (χ3v) is 11.3. The molecule has 0 aliphatic carbocycles. The number of phenolic OH excluding ortho intramolecular Hbond substituents is 1. The Morgan fingerprint density at radius 2 is 1.29 bits per heavy atom. The molecule has 0 atom stereocenters. The second-order valence-electron chi connectivity index (χ2n) is 18.0. The average Bonchev–Trinajstić information content (AvgIpc) is 3.56. The van der Waals surface area contributed by atoms with Gasteiger partial charge in [0, 0.05) is 38.5 Å². The van der Waals surface area contributed by atoms with Gasteiger partial charge in [-0.1, -0.05) is 140 Å². The van der Waals surface area contributed by atoms with Crippen molar-refractivity contribution in [2.75, 3.05) is 0 Å². The molecule has 5 heteroatoms. The predicted octanol–water partition coefficient (Wildman–Crippen LogP) is 14.1. The van der Waals surface area contributed by atoms with Crippen LogP contribution in [0.1, 0.15) is 89.1 Å². The Hall–Kier alpha value is -5.31. The quantitative estimate of drug-likeness (QED) is 0.169. The zero-order valence-electron chi connectivity index (χ0n) is 35.2. The van der Waals surface area contributed by atoms with Crippen molar-refractivity contribution < 1.29 is 26.2 Å². The fourth-order valence-electron chi connectivity index (χ4n) is 7.88. The van der Waals surface area contributed by atoms with Crippen molar-refractivity contribution >= 4 is 21.9 Å². The minimum absolute atomic E-state index is 0. The molecule has 0 aliphatic heterocycles. The number of hydrogen-bond donors (Lipinski definition) is 1. The number of imidazole rings is 1. The minimum atomic E-state index is -0.129. The second kappa shape index (κ2) is 15.5. The fourth-order valence-corrected chi connectivity index (χ4v) is 7.88. The monoisotopic (exact) mass is 941 g/mol. The molecule has 0 unspecified atom stereocenters. The Labute approximate surface area is 358 Å². The van der Waals surface area contributed by atoms with Gasteiger partial charge >= 0.3 is 0 Å². The number of rotatable bonds is 6. The average molecular weight is 942 g/mol. The molecule has 296 valence electrons. The number of fused-ring (bicyclic) bond motifs is 2. The Bertz CT molecular complexity index is 2800. The van der Waals surface area contributed by atoms with Crippen LogP contribution in [0.4, 0.5) is 0 Å². The van der Waals surface area contributed by atoms with Crippen molar-refractivity contribution in [3.63, 3.8) is 0 Å². The summed E-state index contributed by atoms with van der Waals surface area (Å²) in [7, 11) is 0. The van der Waals surface area contributed by atoms with Crippen LogP contribution in [0.25, 0.3) is 72.4 Å². The van der Waals surface area contributed by atoms with Gasteiger partial charge in [-0.05, 0) is 98.8 Å². The van der Waals surface area contributed by atoms with Crippen LogP contribution in [0, 0.1) is 19.9 Å². The van der Waals surface area contributed by atoms with Gasteiger partial charge in [-0.3, -0.25) is 9.55 Å². The first kappa shape index (κ1) is 40.9. The zero-order chi connectivity index (χ0) is 40.4. The fraction of sp³-hybridized carbons (Fsp3) is 0.245. The van der Waals surface area contributed by atoms with Crippen LogP contribution in [-0.2, 0) is 31.9 Å². The topological polar surface area (TPSA) is 50.9 Å². The summed E-state index contributed by atoms with van der Waals surface area (Å²) in [4.78, 5) is 10.4. The smallest absolute Gasteiger partial charge is 0.148 e. The van der Waals surface area contributed by atoms with Crippen LogP contribution in [0.3, 0.4) is 0 Å². The molecule has 58 heavy (non-hydrogen) atoms. The first-order chi connectivity index (χ1) is 27.1. The molecule has 0 saturated carbocycles. The van der Waals surface area contributed by atoms with E-state index in [1.54, 1.807) is 0 Å². The Kier molecular flexibility index (Phi) is 10.9. The van der Waals surface area contributed by atoms with E-state index in [0.29, 0.717) is 17.3 Å². The Balaban J connectivity index is 0.00000512. The second-order valence-corrected chi connectivity index (χ2v) is 18.0. The van der Waals surface area contributed by atoms with E-state index >= 15 is 0 Å². The molecule has 0 bridgehead atoms. The first-order valence-corrected chi connectivity index (χ1v) is 20.1. The van der Waals surface area contributed by atoms with Gasteiger partial charge in [0.2, 0.25) is 0 Å². The number of aromatic hydroxyl groups is 1. The summed E-state index contributed by atoms with van der Waals surface area (Å²) in [5.74, 6) is 1.31. The summed E-state index contributed by atoms with van der Waals surface area (Å²) in [6.07, 6.45) is 1.89. The molecule has 4 nitrogen and oxygen atoms in total. The van der Waals surface area contributed by atoms with E-state index in [-0.39, 0.29) is 37.6 Å². The molecule has 0 radical (unpaired) electrons. The molecule has 8 aromatic rings. The molecule has 2 aromatic heterocycles. The van der Waals surface area contributed by atoms with Crippen molar-refractivity contribution in [3.05, 3.63) is 155 Å². The van der Waals surface area contributed by atoms with Gasteiger partial charge in [-0.2, -0.15) is 0 Å². The molecular weight excluding hydrogens is 890 g/mol. The molecule has 0 fully saturated rings. The van der Waals surface area contributed by atoms with E-state index in [0.717, 1.165) is 72.1 Å². The number of hydrogen-bond acceptors (Lipinski definition) is 3. The van der Waals surface area contributed by atoms with Gasteiger partial charge < -0.3 is 5.11 Å². The van der Waals surface area contributed by atoms with E-state index < -0.39 is 0 Å². The van der Waals surface area contributed by atoms with Crippen molar-refractivity contribution in [3.8, 4) is 56.2 Å². The first-order valence-electron chi connectivity index (χ1n) is 20.1. The normalized spacial score (nSPS) is 12.1. The zero-order valence-corrected chi connectivity index (χ0v) is 37.5. The van der Waals surface area contributed by atoms with Gasteiger partial charge in [0.1, 0.15) is 11.6 Å². The van der Waals surface area contributed by atoms with E-state index in [4.69, 9.17) is 9.97 Å². The maximum absolute atomic E-state index is 11.6. The minimum Gasteiger partial charge on any atom is -0.507 e. The summed E-state index contributed by atoms with van der Waals surface area (Å²) >= 11 is 0. The largest absolute Gasteiger partial charge is 0.507 e. The number of para-hydroxylation sites is 1. The molecule has 0 aliphatic rings. The molecule has 2 heterocycles. The summed E-state index contributed by atoms with van der Waals surface area (Å²) in [5, 5.41) is 12.8. The van der Waals surface area contributed by atoms with Gasteiger partial charge in [0.15, 0.2) is 0 Å². The van der Waals surface area contributed by atoms with Crippen LogP contribution in [0.15, 0.2) is 121 Å². The molecule has 0 saturated heterocycles. The molecule has 0 spiro atoms. The van der Waals surface area contributed by atoms with Gasteiger partial charge in [0.05, 0.1) is 16.6 Å². The summed E-state index contributed by atoms with van der Waals surface area (Å²) in [6.45, 7) is 22.0. The molecule has 0 amide bonds. The Morgan fingerprint density at radius 1 is 0.638 bits per heavy atom. The number of aryl methyl sites for hydroxylation is 2. The van der Waals surface area contributed by atoms with E-state index in [2.05, 4.69) is 183 Å². The number of phenols is 1. The van der Waals surface area contributed by atoms with Crippen LogP contribution in [0.2, 0.25) is 0 Å². The van der Waals surface area contributed by atoms with Crippen LogP contribution >= 0.6 is 0 Å². The van der Waals surface area contributed by atoms with Gasteiger partial charge in [0.25, 0.3) is 0 Å². The van der Waals surface area contributed by atoms with Crippen molar-refractivity contribution in [2.24, 2.45) is 0 Å². The van der Waals surface area contributed by atoms with Crippen molar-refractivity contribution in [1.29, 1.82) is 0 Å². The van der Waals surface area contributed by atoms with E-state index in [1.165, 1.54) is 16.7 Å². The maximum Gasteiger partial charge on any atom is 0.148 e. The van der Waals surface area contributed by atoms with Gasteiger partial charge in [-0.25, -0.2) is 4.98 Å². The standard InChI is InChI=1S/C53H52N3O.Pt/c1-32(2)35-14-16-36(17-15-35)37-29-45(39-27-33(3)26-38(28-39)44-13-11-12-43-34(4)24-25-54-49(43)44)50-47(30-37)56(42-21-18-40(19-22-42)52(5,6)7)51(55-50)46-31-41(53(8,9)10)20-23-48(46)57;/h11-27,29-32,57H,1-10H3;/q-1;. The van der Waals surface area contributed by atoms with Crippen LogP contribution in [-0.4, -0.2) is 19.6 Å². The Morgan fingerprint density at radius 3 is 1.95 bits per heavy atom. The predicted molar refractivity (Wildman–Crippen MR) is 240 cm³/mol. The number of nitrogens with zero attached hydrogens (tertiary/aromatic N) is 3. The number of pyridine rings is 1. The van der Waals surface area contributed by atoms with Crippen molar-refractivity contribution in [1.82, 2.24) is 14.5 Å². The third-order valence-electron chi connectivity index (χ3n) is 11.3. The third kappa shape index (κ3) is 7.68. The van der Waals surface area contributed by atoms with Crippen LogP contribution in [0.5, 0.6) is 5.75 Å². The van der Waals surface area contributed by atoms with Crippen LogP contribution < -0.4 is 0 Å². The SMILES string of the molecule is Cc1cc(-c2cccc3c(C)ccnc23)[c-]c(-c2cc(-c3ccc(C(C)C)cc3)cc3c2nc(-c2cc(C(C)(C)C)ccc2O)n3-c2ccc(C(C)(C)C)cc2)c1.[Pt]. The maximum atomic E-state index is 11.6. The van der Waals surface area contributed by atoms with E-state index in [1.807, 2.05) is 18.3 Å². The van der Waals surface area contributed by atoms with Crippen molar-refractivity contribution in [2.45, 2.75) is 86.0 Å². The molecule has 8 rings (SSSR count). The summed E-state index contributed by atoms with van der Waals surface area (Å²) in [5.41, 5.74) is 16.5. The number of aromatic nitrogens is 3. The van der Waals surface area contributed by atoms with E-state index in [9.17, 15) is 5.11 Å². The summed E-state index contributed by atoms with van der Waals surface area (Å²) < 4.78 is 2.23. The number of benzene rings is 6. The molecule has 1 N–H and O–H groups in total.